The average molecular weight is 896 g/mol. The van der Waals surface area contributed by atoms with Gasteiger partial charge in [0.1, 0.15) is 79.9 Å². The van der Waals surface area contributed by atoms with Crippen LogP contribution in [0.2, 0.25) is 0 Å². The number of rotatable bonds is 12. The van der Waals surface area contributed by atoms with Gasteiger partial charge in [0.2, 0.25) is 0 Å². The summed E-state index contributed by atoms with van der Waals surface area (Å²) in [6.07, 6.45) is -19.4. The molecular weight excluding hydrogens is 828 g/mol. The average Bonchev–Trinajstić information content (AvgIpc) is 3.25. The summed E-state index contributed by atoms with van der Waals surface area (Å²) in [6.45, 7) is -1.59. The van der Waals surface area contributed by atoms with Gasteiger partial charge < -0.3 is 99.2 Å². The smallest absolute Gasteiger partial charge is 0.330 e. The van der Waals surface area contributed by atoms with Crippen molar-refractivity contribution in [2.24, 2.45) is 17.8 Å². The highest BCUT2D eigenvalue weighted by molar-refractivity contribution is 5.81. The Balaban J connectivity index is 1.07. The van der Waals surface area contributed by atoms with Gasteiger partial charge >= 0.3 is 5.97 Å². The first-order chi connectivity index (χ1) is 29.6. The third-order valence-electron chi connectivity index (χ3n) is 13.9. The Morgan fingerprint density at radius 2 is 1.31 bits per heavy atom. The number of fused-ring (bicyclic) bond motifs is 1. The Morgan fingerprint density at radius 3 is 2.05 bits per heavy atom. The Kier molecular flexibility index (Phi) is 16.7. The van der Waals surface area contributed by atoms with Crippen molar-refractivity contribution in [3.8, 4) is 0 Å². The molecule has 0 aromatic heterocycles. The third-order valence-corrected chi connectivity index (χ3v) is 13.9. The van der Waals surface area contributed by atoms with Crippen molar-refractivity contribution in [1.82, 2.24) is 0 Å². The van der Waals surface area contributed by atoms with Gasteiger partial charge in [0.25, 0.3) is 0 Å². The monoisotopic (exact) mass is 895 g/mol. The zero-order valence-corrected chi connectivity index (χ0v) is 34.5. The fourth-order valence-electron chi connectivity index (χ4n) is 10.2. The number of carbonyl (C=O) groups is 1. The summed E-state index contributed by atoms with van der Waals surface area (Å²) >= 11 is 0. The molecule has 0 spiro atoms. The minimum Gasteiger partial charge on any atom is -0.460 e. The minimum absolute atomic E-state index is 0.102. The first-order valence-electron chi connectivity index (χ1n) is 22.2. The molecule has 0 radical (unpaired) electrons. The van der Waals surface area contributed by atoms with Gasteiger partial charge in [-0.3, -0.25) is 0 Å². The summed E-state index contributed by atoms with van der Waals surface area (Å²) in [6, 6.07) is 0. The molecule has 7 aliphatic rings. The van der Waals surface area contributed by atoms with Crippen LogP contribution in [0.25, 0.3) is 0 Å². The van der Waals surface area contributed by atoms with Crippen molar-refractivity contribution in [2.45, 2.75) is 199 Å². The van der Waals surface area contributed by atoms with Gasteiger partial charge in [-0.25, -0.2) is 4.79 Å². The highest BCUT2D eigenvalue weighted by Gasteiger charge is 2.56. The van der Waals surface area contributed by atoms with Gasteiger partial charge in [-0.15, -0.1) is 0 Å². The van der Waals surface area contributed by atoms with Crippen LogP contribution in [0.5, 0.6) is 0 Å². The standard InChI is InChI=1S/C41H66O21/c42-19-11-22(44)20-13-26(37(58-25(20)12-19)18-7-8-21(43)23(45)10-18)59-41-38(62-40-35(53)30(48)24(46)14-56-40)34(52)32(50)28(61-41)16-57-39-36(54)33(51)31(49)27(60-39)15-55-29(47)9-6-17-4-2-1-3-5-17/h6,9,17-28,30-46,48-54H,1-5,7-8,10-16H2/p+1. The number of ether oxygens (including phenoxy) is 8. The van der Waals surface area contributed by atoms with Gasteiger partial charge in [0, 0.05) is 24.8 Å². The predicted octanol–water partition coefficient (Wildman–Crippen LogP) is -4.53. The van der Waals surface area contributed by atoms with Crippen molar-refractivity contribution in [2.75, 3.05) is 19.8 Å². The number of hydrogen-bond donors (Lipinski definition) is 12. The summed E-state index contributed by atoms with van der Waals surface area (Å²) in [5.41, 5.74) is 0. The first kappa shape index (κ1) is 48.4. The number of esters is 1. The van der Waals surface area contributed by atoms with Crippen LogP contribution in [-0.4, -0.2) is 221 Å². The van der Waals surface area contributed by atoms with Gasteiger partial charge in [0.15, 0.2) is 31.1 Å². The maximum Gasteiger partial charge on any atom is 0.330 e. The molecule has 62 heavy (non-hydrogen) atoms. The molecule has 21 heteroatoms. The molecule has 7 fully saturated rings. The van der Waals surface area contributed by atoms with E-state index in [1.54, 1.807) is 6.08 Å². The topological polar surface area (TPSA) is 337 Å². The third kappa shape index (κ3) is 11.2. The quantitative estimate of drug-likeness (QED) is 0.0499. The van der Waals surface area contributed by atoms with E-state index in [1.165, 1.54) is 6.08 Å². The van der Waals surface area contributed by atoms with E-state index in [2.05, 4.69) is 0 Å². The lowest BCUT2D eigenvalue weighted by molar-refractivity contribution is -0.385. The summed E-state index contributed by atoms with van der Waals surface area (Å²) < 4.78 is 46.0. The molecule has 0 amide bonds. The van der Waals surface area contributed by atoms with E-state index in [9.17, 15) is 66.1 Å². The molecule has 4 heterocycles. The molecule has 3 aliphatic carbocycles. The lowest BCUT2D eigenvalue weighted by Crippen LogP contribution is -2.65. The van der Waals surface area contributed by atoms with Crippen molar-refractivity contribution in [3.63, 3.8) is 0 Å². The van der Waals surface area contributed by atoms with Crippen LogP contribution >= 0.6 is 0 Å². The Morgan fingerprint density at radius 1 is 0.613 bits per heavy atom. The van der Waals surface area contributed by atoms with Crippen molar-refractivity contribution < 1.29 is 104 Å². The van der Waals surface area contributed by atoms with Gasteiger partial charge in [-0.05, 0) is 44.4 Å². The second kappa shape index (κ2) is 21.4. The summed E-state index contributed by atoms with van der Waals surface area (Å²) in [5, 5.41) is 129. The molecule has 4 aliphatic heterocycles. The van der Waals surface area contributed by atoms with Gasteiger partial charge in [-0.1, -0.05) is 25.3 Å². The van der Waals surface area contributed by atoms with Crippen LogP contribution in [0.4, 0.5) is 0 Å². The SMILES string of the molecule is O=C(C=CC1CCCCC1)OCC1OC(OCC2OC(OC3CC4C(O)CC(O)CC4[OH+]C3C3CCC(O)C(O)C3)C(OC3OCC(O)C(O)C3O)C(O)C2O)C(O)C(O)C1O. The van der Waals surface area contributed by atoms with Crippen LogP contribution in [0.1, 0.15) is 70.6 Å². The summed E-state index contributed by atoms with van der Waals surface area (Å²) in [5.74, 6) is -1.23. The van der Waals surface area contributed by atoms with Crippen molar-refractivity contribution >= 4 is 5.97 Å². The largest absolute Gasteiger partial charge is 0.460 e. The van der Waals surface area contributed by atoms with Crippen LogP contribution in [0, 0.1) is 17.8 Å². The second-order valence-corrected chi connectivity index (χ2v) is 18.3. The Hall–Kier alpha value is -1.55. The molecule has 7 rings (SSSR count). The zero-order chi connectivity index (χ0) is 44.4. The maximum absolute atomic E-state index is 12.5. The number of aliphatic hydroxyl groups excluding tert-OH is 12. The lowest BCUT2D eigenvalue weighted by Gasteiger charge is -2.49. The normalized spacial score (nSPS) is 49.6. The lowest BCUT2D eigenvalue weighted by atomic mass is 9.72. The molecule has 356 valence electrons. The minimum atomic E-state index is -1.88. The molecule has 0 aromatic rings. The molecule has 4 saturated heterocycles. The molecule has 3 saturated carbocycles. The molecule has 0 aromatic carbocycles. The number of allylic oxidation sites excluding steroid dienone is 1. The van der Waals surface area contributed by atoms with E-state index in [1.807, 2.05) is 0 Å². The molecular formula is C41H67O21+. The van der Waals surface area contributed by atoms with Crippen molar-refractivity contribution in [3.05, 3.63) is 12.2 Å². The second-order valence-electron chi connectivity index (χ2n) is 18.3. The van der Waals surface area contributed by atoms with Crippen LogP contribution in [-0.2, 0) is 38.0 Å². The number of aliphatic hydroxyl groups is 14. The fraction of sp³-hybridized carbons (Fsp3) is 0.927. The first-order valence-corrected chi connectivity index (χ1v) is 22.2. The number of carbonyl (C=O) groups excluding carboxylic acids is 1. The fourth-order valence-corrected chi connectivity index (χ4v) is 10.2. The highest BCUT2D eigenvalue weighted by atomic mass is 16.8. The van der Waals surface area contributed by atoms with Crippen LogP contribution in [0.15, 0.2) is 12.2 Å². The molecule has 13 N–H and O–H groups in total. The van der Waals surface area contributed by atoms with Gasteiger partial charge in [0.05, 0.1) is 43.5 Å². The van der Waals surface area contributed by atoms with E-state index in [4.69, 9.17) is 37.9 Å². The predicted molar refractivity (Wildman–Crippen MR) is 206 cm³/mol. The number of hydrogen-bond acceptors (Lipinski definition) is 20. The van der Waals surface area contributed by atoms with E-state index < -0.39 is 160 Å². The van der Waals surface area contributed by atoms with Crippen molar-refractivity contribution in [1.29, 1.82) is 0 Å². The highest BCUT2D eigenvalue weighted by Crippen LogP contribution is 2.43. The molecule has 23 atom stereocenters. The van der Waals surface area contributed by atoms with Crippen LogP contribution < -0.4 is 0 Å². The van der Waals surface area contributed by atoms with E-state index in [0.29, 0.717) is 6.42 Å². The van der Waals surface area contributed by atoms with E-state index >= 15 is 0 Å². The Labute approximate surface area is 358 Å². The van der Waals surface area contributed by atoms with E-state index in [0.717, 1.165) is 32.1 Å². The van der Waals surface area contributed by atoms with Crippen LogP contribution in [0.3, 0.4) is 0 Å². The van der Waals surface area contributed by atoms with E-state index in [-0.39, 0.29) is 43.9 Å². The molecule has 23 unspecified atom stereocenters. The summed E-state index contributed by atoms with van der Waals surface area (Å²) in [4.78, 5) is 12.5. The van der Waals surface area contributed by atoms with Gasteiger partial charge in [-0.2, -0.15) is 0 Å². The molecule has 21 nitrogen and oxygen atoms in total. The summed E-state index contributed by atoms with van der Waals surface area (Å²) in [7, 11) is 0. The Bertz CT molecular complexity index is 1450. The maximum atomic E-state index is 12.5. The zero-order valence-electron chi connectivity index (χ0n) is 34.5. The molecule has 0 bridgehead atoms.